The van der Waals surface area contributed by atoms with Crippen molar-refractivity contribution in [1.29, 1.82) is 0 Å². The first kappa shape index (κ1) is 16.8. The van der Waals surface area contributed by atoms with E-state index >= 15 is 0 Å². The molecule has 1 atom stereocenters. The molecule has 0 radical (unpaired) electrons. The summed E-state index contributed by atoms with van der Waals surface area (Å²) in [5, 5.41) is 2.92. The van der Waals surface area contributed by atoms with Gasteiger partial charge in [-0.15, -0.1) is 0 Å². The van der Waals surface area contributed by atoms with Crippen molar-refractivity contribution in [2.75, 3.05) is 20.8 Å². The maximum atomic E-state index is 12.4. The van der Waals surface area contributed by atoms with E-state index in [0.717, 1.165) is 11.1 Å². The average molecular weight is 314 g/mol. The van der Waals surface area contributed by atoms with E-state index in [1.165, 1.54) is 0 Å². The van der Waals surface area contributed by atoms with E-state index in [0.29, 0.717) is 18.0 Å². The molecular weight excluding hydrogens is 292 g/mol. The number of nitrogens with two attached hydrogens (primary N) is 1. The molecule has 5 nitrogen and oxygen atoms in total. The number of methoxy groups -OCH3 is 2. The Labute approximate surface area is 136 Å². The lowest BCUT2D eigenvalue weighted by atomic mass is 9.98. The summed E-state index contributed by atoms with van der Waals surface area (Å²) < 4.78 is 10.5. The summed E-state index contributed by atoms with van der Waals surface area (Å²) in [6.45, 7) is 0.630. The van der Waals surface area contributed by atoms with Gasteiger partial charge in [0.05, 0.1) is 20.1 Å². The van der Waals surface area contributed by atoms with Crippen molar-refractivity contribution in [1.82, 2.24) is 5.32 Å². The molecular formula is C18H22N2O3. The van der Waals surface area contributed by atoms with Crippen molar-refractivity contribution >= 4 is 5.91 Å². The van der Waals surface area contributed by atoms with Gasteiger partial charge in [0.1, 0.15) is 11.5 Å². The number of amides is 1. The van der Waals surface area contributed by atoms with Crippen molar-refractivity contribution in [2.45, 2.75) is 12.5 Å². The quantitative estimate of drug-likeness (QED) is 0.820. The molecule has 0 bridgehead atoms. The van der Waals surface area contributed by atoms with Gasteiger partial charge in [-0.2, -0.15) is 0 Å². The van der Waals surface area contributed by atoms with E-state index < -0.39 is 0 Å². The van der Waals surface area contributed by atoms with Crippen molar-refractivity contribution in [3.05, 3.63) is 59.7 Å². The van der Waals surface area contributed by atoms with Crippen LogP contribution in [0.15, 0.2) is 48.5 Å². The van der Waals surface area contributed by atoms with Crippen LogP contribution in [0.1, 0.15) is 17.0 Å². The van der Waals surface area contributed by atoms with E-state index in [-0.39, 0.29) is 18.4 Å². The van der Waals surface area contributed by atoms with Crippen LogP contribution in [0.2, 0.25) is 0 Å². The topological polar surface area (TPSA) is 73.6 Å². The number of hydrogen-bond donors (Lipinski definition) is 2. The lowest BCUT2D eigenvalue weighted by Gasteiger charge is -2.16. The van der Waals surface area contributed by atoms with Gasteiger partial charge in [-0.25, -0.2) is 0 Å². The highest BCUT2D eigenvalue weighted by Gasteiger charge is 2.18. The molecule has 2 aromatic carbocycles. The van der Waals surface area contributed by atoms with Crippen molar-refractivity contribution < 1.29 is 14.3 Å². The summed E-state index contributed by atoms with van der Waals surface area (Å²) in [6.07, 6.45) is 0. The molecule has 3 N–H and O–H groups in total. The number of carbonyl (C=O) groups is 1. The first-order valence-electron chi connectivity index (χ1n) is 7.43. The van der Waals surface area contributed by atoms with Crippen LogP contribution >= 0.6 is 0 Å². The lowest BCUT2D eigenvalue weighted by Crippen LogP contribution is -2.33. The highest BCUT2D eigenvalue weighted by molar-refractivity contribution is 5.83. The van der Waals surface area contributed by atoms with Gasteiger partial charge in [0.15, 0.2) is 0 Å². The summed E-state index contributed by atoms with van der Waals surface area (Å²) >= 11 is 0. The largest absolute Gasteiger partial charge is 0.497 e. The zero-order chi connectivity index (χ0) is 16.7. The lowest BCUT2D eigenvalue weighted by molar-refractivity contribution is -0.122. The van der Waals surface area contributed by atoms with Gasteiger partial charge in [-0.3, -0.25) is 4.79 Å². The Hall–Kier alpha value is -2.53. The molecule has 0 spiro atoms. The predicted octanol–water partition coefficient (Wildman–Crippen LogP) is 2.06. The molecule has 5 heteroatoms. The van der Waals surface area contributed by atoms with Gasteiger partial charge < -0.3 is 20.5 Å². The van der Waals surface area contributed by atoms with E-state index in [2.05, 4.69) is 5.32 Å². The van der Waals surface area contributed by atoms with Crippen LogP contribution in [0.5, 0.6) is 11.5 Å². The van der Waals surface area contributed by atoms with Crippen molar-refractivity contribution in [3.8, 4) is 11.5 Å². The Bertz CT molecular complexity index is 644. The molecule has 122 valence electrons. The zero-order valence-electron chi connectivity index (χ0n) is 13.4. The smallest absolute Gasteiger partial charge is 0.229 e. The van der Waals surface area contributed by atoms with Crippen molar-refractivity contribution in [2.24, 2.45) is 5.73 Å². The van der Waals surface area contributed by atoms with Gasteiger partial charge in [-0.1, -0.05) is 30.3 Å². The van der Waals surface area contributed by atoms with Crippen LogP contribution in [0.25, 0.3) is 0 Å². The second-order valence-electron chi connectivity index (χ2n) is 5.09. The summed E-state index contributed by atoms with van der Waals surface area (Å²) in [5.74, 6) is 0.923. The van der Waals surface area contributed by atoms with Gasteiger partial charge in [0, 0.05) is 24.7 Å². The summed E-state index contributed by atoms with van der Waals surface area (Å²) in [5.41, 5.74) is 7.56. The fourth-order valence-electron chi connectivity index (χ4n) is 2.38. The third-order valence-electron chi connectivity index (χ3n) is 3.70. The molecule has 0 fully saturated rings. The SMILES string of the molecule is COc1ccc(CNC(=O)C(CN)c2ccccc2)c(OC)c1. The van der Waals surface area contributed by atoms with Gasteiger partial charge in [0.25, 0.3) is 0 Å². The zero-order valence-corrected chi connectivity index (χ0v) is 13.4. The minimum atomic E-state index is -0.361. The Morgan fingerprint density at radius 1 is 1.13 bits per heavy atom. The Morgan fingerprint density at radius 2 is 1.87 bits per heavy atom. The fraction of sp³-hybridized carbons (Fsp3) is 0.278. The van der Waals surface area contributed by atoms with Gasteiger partial charge >= 0.3 is 0 Å². The molecule has 0 aliphatic heterocycles. The maximum Gasteiger partial charge on any atom is 0.229 e. The highest BCUT2D eigenvalue weighted by Crippen LogP contribution is 2.24. The molecule has 2 rings (SSSR count). The maximum absolute atomic E-state index is 12.4. The number of nitrogens with one attached hydrogen (secondary N) is 1. The molecule has 0 aromatic heterocycles. The van der Waals surface area contributed by atoms with Crippen LogP contribution in [0.3, 0.4) is 0 Å². The minimum absolute atomic E-state index is 0.100. The van der Waals surface area contributed by atoms with Crippen LogP contribution in [0.4, 0.5) is 0 Å². The monoisotopic (exact) mass is 314 g/mol. The van der Waals surface area contributed by atoms with Crippen molar-refractivity contribution in [3.63, 3.8) is 0 Å². The molecule has 0 aliphatic carbocycles. The molecule has 0 saturated heterocycles. The Balaban J connectivity index is 2.06. The molecule has 0 heterocycles. The van der Waals surface area contributed by atoms with Gasteiger partial charge in [-0.05, 0) is 17.7 Å². The number of carbonyl (C=O) groups excluding carboxylic acids is 1. The Kier molecular flexibility index (Phi) is 6.00. The number of benzene rings is 2. The normalized spacial score (nSPS) is 11.6. The molecule has 1 amide bonds. The average Bonchev–Trinajstić information content (AvgIpc) is 2.61. The molecule has 0 saturated carbocycles. The fourth-order valence-corrected chi connectivity index (χ4v) is 2.38. The first-order chi connectivity index (χ1) is 11.2. The molecule has 23 heavy (non-hydrogen) atoms. The summed E-state index contributed by atoms with van der Waals surface area (Å²) in [6, 6.07) is 15.0. The summed E-state index contributed by atoms with van der Waals surface area (Å²) in [4.78, 5) is 12.4. The van der Waals surface area contributed by atoms with E-state index in [9.17, 15) is 4.79 Å². The molecule has 0 aliphatic rings. The van der Waals surface area contributed by atoms with Crippen LogP contribution in [0, 0.1) is 0 Å². The number of rotatable bonds is 7. The second-order valence-corrected chi connectivity index (χ2v) is 5.09. The van der Waals surface area contributed by atoms with Crippen LogP contribution in [-0.2, 0) is 11.3 Å². The third-order valence-corrected chi connectivity index (χ3v) is 3.70. The second kappa shape index (κ2) is 8.19. The van der Waals surface area contributed by atoms with Crippen LogP contribution in [-0.4, -0.2) is 26.7 Å². The molecule has 1 unspecified atom stereocenters. The van der Waals surface area contributed by atoms with E-state index in [1.54, 1.807) is 20.3 Å². The third kappa shape index (κ3) is 4.23. The van der Waals surface area contributed by atoms with Crippen LogP contribution < -0.4 is 20.5 Å². The van der Waals surface area contributed by atoms with E-state index in [1.807, 2.05) is 42.5 Å². The molecule has 2 aromatic rings. The standard InChI is InChI=1S/C18H22N2O3/c1-22-15-9-8-14(17(10-15)23-2)12-20-18(21)16(11-19)13-6-4-3-5-7-13/h3-10,16H,11-12,19H2,1-2H3,(H,20,21). The number of ether oxygens (including phenoxy) is 2. The summed E-state index contributed by atoms with van der Waals surface area (Å²) in [7, 11) is 3.19. The first-order valence-corrected chi connectivity index (χ1v) is 7.43. The number of hydrogen-bond acceptors (Lipinski definition) is 4. The van der Waals surface area contributed by atoms with E-state index in [4.69, 9.17) is 15.2 Å². The highest BCUT2D eigenvalue weighted by atomic mass is 16.5. The Morgan fingerprint density at radius 3 is 2.48 bits per heavy atom. The van der Waals surface area contributed by atoms with Gasteiger partial charge in [0.2, 0.25) is 5.91 Å². The minimum Gasteiger partial charge on any atom is -0.497 e. The predicted molar refractivity (Wildman–Crippen MR) is 89.6 cm³/mol.